The van der Waals surface area contributed by atoms with Gasteiger partial charge in [-0.15, -0.1) is 0 Å². The van der Waals surface area contributed by atoms with Crippen molar-refractivity contribution >= 4 is 17.5 Å². The highest BCUT2D eigenvalue weighted by Gasteiger charge is 2.18. The molecule has 0 saturated carbocycles. The fourth-order valence-corrected chi connectivity index (χ4v) is 3.02. The van der Waals surface area contributed by atoms with Crippen molar-refractivity contribution in [3.05, 3.63) is 59.2 Å². The van der Waals surface area contributed by atoms with Crippen molar-refractivity contribution in [3.8, 4) is 5.75 Å². The maximum atomic E-state index is 12.6. The monoisotopic (exact) mass is 338 g/mol. The van der Waals surface area contributed by atoms with Gasteiger partial charge in [0, 0.05) is 17.7 Å². The van der Waals surface area contributed by atoms with Gasteiger partial charge in [0.15, 0.2) is 0 Å². The van der Waals surface area contributed by atoms with E-state index in [4.69, 9.17) is 4.74 Å². The van der Waals surface area contributed by atoms with Crippen LogP contribution in [0.4, 0.5) is 5.69 Å². The summed E-state index contributed by atoms with van der Waals surface area (Å²) in [5, 5.41) is 5.92. The number of aryl methyl sites for hydroxylation is 1. The molecule has 0 unspecified atom stereocenters. The molecule has 0 aromatic heterocycles. The third kappa shape index (κ3) is 3.82. The number of carbonyl (C=O) groups is 2. The van der Waals surface area contributed by atoms with Crippen LogP contribution in [0.15, 0.2) is 42.5 Å². The zero-order valence-corrected chi connectivity index (χ0v) is 14.5. The number of carbonyl (C=O) groups excluding carboxylic acids is 2. The van der Waals surface area contributed by atoms with Gasteiger partial charge in [-0.2, -0.15) is 0 Å². The Kier molecular flexibility index (Phi) is 5.03. The van der Waals surface area contributed by atoms with Crippen molar-refractivity contribution in [2.75, 3.05) is 12.4 Å². The number of hydrogen-bond donors (Lipinski definition) is 2. The number of fused-ring (bicyclic) bond motifs is 1. The maximum absolute atomic E-state index is 12.6. The fraction of sp³-hybridized carbons (Fsp3) is 0.300. The van der Waals surface area contributed by atoms with Crippen LogP contribution in [0.3, 0.4) is 0 Å². The van der Waals surface area contributed by atoms with E-state index >= 15 is 0 Å². The second kappa shape index (κ2) is 7.38. The molecular formula is C20H22N2O3. The molecule has 0 fully saturated rings. The molecule has 0 spiro atoms. The molecule has 0 aliphatic carbocycles. The predicted octanol–water partition coefficient (Wildman–Crippen LogP) is 3.46. The summed E-state index contributed by atoms with van der Waals surface area (Å²) in [5.41, 5.74) is 3.46. The van der Waals surface area contributed by atoms with Gasteiger partial charge >= 0.3 is 0 Å². The van der Waals surface area contributed by atoms with Gasteiger partial charge in [0.1, 0.15) is 5.75 Å². The number of nitrogens with one attached hydrogen (secondary N) is 2. The SMILES string of the molecule is CC[C@@H](NC(=O)c1ccc2c(c1)CCC(=O)N2)c1ccc(OC)cc1. The average Bonchev–Trinajstić information content (AvgIpc) is 2.65. The molecule has 2 N–H and O–H groups in total. The lowest BCUT2D eigenvalue weighted by atomic mass is 9.99. The lowest BCUT2D eigenvalue weighted by Gasteiger charge is -2.20. The normalized spacial score (nSPS) is 14.2. The zero-order valence-electron chi connectivity index (χ0n) is 14.5. The summed E-state index contributed by atoms with van der Waals surface area (Å²) in [6.07, 6.45) is 1.92. The molecule has 2 amide bonds. The Bertz CT molecular complexity index is 784. The topological polar surface area (TPSA) is 67.4 Å². The Morgan fingerprint density at radius 1 is 1.20 bits per heavy atom. The molecule has 130 valence electrons. The molecule has 5 heteroatoms. The van der Waals surface area contributed by atoms with Crippen molar-refractivity contribution in [2.45, 2.75) is 32.2 Å². The summed E-state index contributed by atoms with van der Waals surface area (Å²) in [6, 6.07) is 13.1. The van der Waals surface area contributed by atoms with E-state index in [1.54, 1.807) is 19.2 Å². The van der Waals surface area contributed by atoms with E-state index in [0.29, 0.717) is 18.4 Å². The number of rotatable bonds is 5. The van der Waals surface area contributed by atoms with E-state index in [0.717, 1.165) is 29.0 Å². The number of amides is 2. The summed E-state index contributed by atoms with van der Waals surface area (Å²) in [7, 11) is 1.63. The van der Waals surface area contributed by atoms with E-state index in [1.165, 1.54) is 0 Å². The Hall–Kier alpha value is -2.82. The van der Waals surface area contributed by atoms with E-state index in [-0.39, 0.29) is 17.9 Å². The molecular weight excluding hydrogens is 316 g/mol. The Labute approximate surface area is 147 Å². The van der Waals surface area contributed by atoms with Gasteiger partial charge in [-0.05, 0) is 54.3 Å². The van der Waals surface area contributed by atoms with Crippen molar-refractivity contribution in [2.24, 2.45) is 0 Å². The van der Waals surface area contributed by atoms with Crippen LogP contribution in [-0.4, -0.2) is 18.9 Å². The standard InChI is InChI=1S/C20H22N2O3/c1-3-17(13-4-8-16(25-2)9-5-13)22-20(24)15-6-10-18-14(12-15)7-11-19(23)21-18/h4-6,8-10,12,17H,3,7,11H2,1-2H3,(H,21,23)(H,22,24)/t17-/m1/s1. The van der Waals surface area contributed by atoms with E-state index in [2.05, 4.69) is 10.6 Å². The number of methoxy groups -OCH3 is 1. The van der Waals surface area contributed by atoms with Crippen LogP contribution in [0.2, 0.25) is 0 Å². The number of benzene rings is 2. The Morgan fingerprint density at radius 3 is 2.64 bits per heavy atom. The lowest BCUT2D eigenvalue weighted by molar-refractivity contribution is -0.116. The molecule has 1 atom stereocenters. The summed E-state index contributed by atoms with van der Waals surface area (Å²) in [4.78, 5) is 24.1. The molecule has 5 nitrogen and oxygen atoms in total. The summed E-state index contributed by atoms with van der Waals surface area (Å²) in [5.74, 6) is 0.708. The first-order valence-corrected chi connectivity index (χ1v) is 8.48. The van der Waals surface area contributed by atoms with Crippen LogP contribution in [0, 0.1) is 0 Å². The van der Waals surface area contributed by atoms with Crippen LogP contribution in [0.1, 0.15) is 47.3 Å². The molecule has 25 heavy (non-hydrogen) atoms. The zero-order chi connectivity index (χ0) is 17.8. The highest BCUT2D eigenvalue weighted by Crippen LogP contribution is 2.25. The summed E-state index contributed by atoms with van der Waals surface area (Å²) in [6.45, 7) is 2.04. The van der Waals surface area contributed by atoms with Crippen LogP contribution in [0.25, 0.3) is 0 Å². The Morgan fingerprint density at radius 2 is 1.96 bits per heavy atom. The predicted molar refractivity (Wildman–Crippen MR) is 96.9 cm³/mol. The number of hydrogen-bond acceptors (Lipinski definition) is 3. The van der Waals surface area contributed by atoms with Crippen LogP contribution < -0.4 is 15.4 Å². The minimum atomic E-state index is -0.109. The van der Waals surface area contributed by atoms with E-state index in [9.17, 15) is 9.59 Å². The Balaban J connectivity index is 1.74. The maximum Gasteiger partial charge on any atom is 0.251 e. The quantitative estimate of drug-likeness (QED) is 0.877. The minimum Gasteiger partial charge on any atom is -0.497 e. The van der Waals surface area contributed by atoms with E-state index < -0.39 is 0 Å². The molecule has 2 aromatic rings. The van der Waals surface area contributed by atoms with Gasteiger partial charge < -0.3 is 15.4 Å². The molecule has 1 aliphatic rings. The first-order valence-electron chi connectivity index (χ1n) is 8.48. The smallest absolute Gasteiger partial charge is 0.251 e. The largest absolute Gasteiger partial charge is 0.497 e. The molecule has 1 heterocycles. The summed E-state index contributed by atoms with van der Waals surface area (Å²) < 4.78 is 5.18. The van der Waals surface area contributed by atoms with Crippen molar-refractivity contribution in [1.82, 2.24) is 5.32 Å². The van der Waals surface area contributed by atoms with Crippen LogP contribution >= 0.6 is 0 Å². The van der Waals surface area contributed by atoms with Crippen LogP contribution in [-0.2, 0) is 11.2 Å². The molecule has 0 radical (unpaired) electrons. The molecule has 1 aliphatic heterocycles. The number of anilines is 1. The van der Waals surface area contributed by atoms with Crippen LogP contribution in [0.5, 0.6) is 5.75 Å². The lowest BCUT2D eigenvalue weighted by Crippen LogP contribution is -2.28. The van der Waals surface area contributed by atoms with Gasteiger partial charge in [-0.3, -0.25) is 9.59 Å². The van der Waals surface area contributed by atoms with Crippen molar-refractivity contribution in [3.63, 3.8) is 0 Å². The highest BCUT2D eigenvalue weighted by atomic mass is 16.5. The second-order valence-corrected chi connectivity index (χ2v) is 6.13. The second-order valence-electron chi connectivity index (χ2n) is 6.13. The molecule has 2 aromatic carbocycles. The highest BCUT2D eigenvalue weighted by molar-refractivity contribution is 5.98. The molecule has 0 saturated heterocycles. The van der Waals surface area contributed by atoms with Crippen molar-refractivity contribution < 1.29 is 14.3 Å². The van der Waals surface area contributed by atoms with E-state index in [1.807, 2.05) is 37.3 Å². The summed E-state index contributed by atoms with van der Waals surface area (Å²) >= 11 is 0. The van der Waals surface area contributed by atoms with Gasteiger partial charge in [0.25, 0.3) is 5.91 Å². The fourth-order valence-electron chi connectivity index (χ4n) is 3.02. The first-order chi connectivity index (χ1) is 12.1. The third-order valence-electron chi connectivity index (χ3n) is 4.49. The third-order valence-corrected chi connectivity index (χ3v) is 4.49. The van der Waals surface area contributed by atoms with Crippen molar-refractivity contribution in [1.29, 1.82) is 0 Å². The first kappa shape index (κ1) is 17.0. The number of ether oxygens (including phenoxy) is 1. The molecule has 0 bridgehead atoms. The molecule has 3 rings (SSSR count). The van der Waals surface area contributed by atoms with Gasteiger partial charge in [-0.25, -0.2) is 0 Å². The van der Waals surface area contributed by atoms with Gasteiger partial charge in [-0.1, -0.05) is 19.1 Å². The van der Waals surface area contributed by atoms with Gasteiger partial charge in [0.2, 0.25) is 5.91 Å². The minimum absolute atomic E-state index is 0.0234. The van der Waals surface area contributed by atoms with Gasteiger partial charge in [0.05, 0.1) is 13.2 Å². The average molecular weight is 338 g/mol.